The molecule has 0 unspecified atom stereocenters. The van der Waals surface area contributed by atoms with Crippen LogP contribution in [0.2, 0.25) is 0 Å². The maximum absolute atomic E-state index is 9.49. The quantitative estimate of drug-likeness (QED) is 0.681. The molecule has 0 aromatic heterocycles. The van der Waals surface area contributed by atoms with Crippen molar-refractivity contribution in [2.45, 2.75) is 32.8 Å². The Bertz CT molecular complexity index is 530. The third-order valence-corrected chi connectivity index (χ3v) is 4.32. The molecule has 0 aromatic carbocycles. The van der Waals surface area contributed by atoms with Gasteiger partial charge in [-0.05, 0) is 18.8 Å². The lowest BCUT2D eigenvalue weighted by Gasteiger charge is -2.37. The molecule has 2 aliphatic rings. The zero-order valence-electron chi connectivity index (χ0n) is 9.96. The van der Waals surface area contributed by atoms with E-state index in [0.717, 1.165) is 0 Å². The number of nitrogens with one attached hydrogen (secondary N) is 1. The van der Waals surface area contributed by atoms with Crippen molar-refractivity contribution >= 4 is 5.90 Å². The standard InChI is InChI=1S/C12H12N4O/c1-9(2)4-10(3)11(5-13,6-14)12(9,7-15)8(16)17-10/h16H,4H2,1-3H3/t10-,12-/m0/s1. The highest BCUT2D eigenvalue weighted by atomic mass is 16.5. The Hall–Kier alpha value is -2.06. The molecule has 0 radical (unpaired) electrons. The van der Waals surface area contributed by atoms with Crippen LogP contribution in [-0.4, -0.2) is 11.5 Å². The smallest absolute Gasteiger partial charge is 0.210 e. The van der Waals surface area contributed by atoms with Gasteiger partial charge >= 0.3 is 0 Å². The van der Waals surface area contributed by atoms with Crippen LogP contribution < -0.4 is 0 Å². The average Bonchev–Trinajstić information content (AvgIpc) is 2.50. The summed E-state index contributed by atoms with van der Waals surface area (Å²) in [5.74, 6) is -0.248. The highest BCUT2D eigenvalue weighted by molar-refractivity contribution is 5.91. The lowest BCUT2D eigenvalue weighted by Crippen LogP contribution is -2.46. The Balaban J connectivity index is 2.90. The van der Waals surface area contributed by atoms with E-state index in [0.29, 0.717) is 6.42 Å². The molecule has 1 saturated carbocycles. The van der Waals surface area contributed by atoms with E-state index in [4.69, 9.17) is 10.1 Å². The second kappa shape index (κ2) is 2.60. The first-order chi connectivity index (χ1) is 7.77. The van der Waals surface area contributed by atoms with Crippen molar-refractivity contribution in [2.24, 2.45) is 16.2 Å². The predicted molar refractivity (Wildman–Crippen MR) is 57.3 cm³/mol. The van der Waals surface area contributed by atoms with E-state index in [1.165, 1.54) is 0 Å². The summed E-state index contributed by atoms with van der Waals surface area (Å²) < 4.78 is 5.39. The zero-order chi connectivity index (χ0) is 13.1. The van der Waals surface area contributed by atoms with E-state index in [1.807, 2.05) is 32.1 Å². The van der Waals surface area contributed by atoms with Gasteiger partial charge in [-0.15, -0.1) is 0 Å². The molecular formula is C12H12N4O. The second-order valence-electron chi connectivity index (χ2n) is 5.56. The van der Waals surface area contributed by atoms with Crippen LogP contribution in [0, 0.1) is 55.6 Å². The van der Waals surface area contributed by atoms with Crippen LogP contribution in [0.1, 0.15) is 27.2 Å². The van der Waals surface area contributed by atoms with Gasteiger partial charge in [-0.3, -0.25) is 5.41 Å². The van der Waals surface area contributed by atoms with Gasteiger partial charge in [0.15, 0.2) is 5.41 Å². The highest BCUT2D eigenvalue weighted by Crippen LogP contribution is 2.72. The number of rotatable bonds is 0. The first-order valence-corrected chi connectivity index (χ1v) is 5.29. The van der Waals surface area contributed by atoms with E-state index in [1.54, 1.807) is 6.92 Å². The minimum Gasteiger partial charge on any atom is -0.471 e. The molecule has 2 fully saturated rings. The van der Waals surface area contributed by atoms with Crippen molar-refractivity contribution in [3.63, 3.8) is 0 Å². The number of hydrogen-bond donors (Lipinski definition) is 1. The summed E-state index contributed by atoms with van der Waals surface area (Å²) >= 11 is 0. The Morgan fingerprint density at radius 1 is 1.12 bits per heavy atom. The molecule has 0 amide bonds. The molecule has 17 heavy (non-hydrogen) atoms. The minimum absolute atomic E-state index is 0.248. The number of ether oxygens (including phenoxy) is 1. The molecular weight excluding hydrogens is 216 g/mol. The molecule has 5 heteroatoms. The Labute approximate surface area is 99.7 Å². The van der Waals surface area contributed by atoms with Gasteiger partial charge in [0, 0.05) is 0 Å². The fourth-order valence-electron chi connectivity index (χ4n) is 3.62. The van der Waals surface area contributed by atoms with E-state index >= 15 is 0 Å². The summed E-state index contributed by atoms with van der Waals surface area (Å²) in [6, 6.07) is 5.95. The summed E-state index contributed by atoms with van der Waals surface area (Å²) in [4.78, 5) is 0. The number of nitrogens with zero attached hydrogens (tertiary/aromatic N) is 3. The maximum atomic E-state index is 9.49. The van der Waals surface area contributed by atoms with E-state index < -0.39 is 21.8 Å². The van der Waals surface area contributed by atoms with E-state index in [-0.39, 0.29) is 5.90 Å². The zero-order valence-corrected chi connectivity index (χ0v) is 9.96. The summed E-state index contributed by atoms with van der Waals surface area (Å²) in [6.07, 6.45) is 0.414. The molecule has 2 rings (SSSR count). The highest BCUT2D eigenvalue weighted by Gasteiger charge is 2.84. The molecule has 2 bridgehead atoms. The van der Waals surface area contributed by atoms with E-state index in [9.17, 15) is 15.8 Å². The number of nitriles is 3. The summed E-state index contributed by atoms with van der Waals surface area (Å²) in [6.45, 7) is 5.26. The molecule has 0 aromatic rings. The van der Waals surface area contributed by atoms with Crippen molar-refractivity contribution in [2.75, 3.05) is 0 Å². The van der Waals surface area contributed by atoms with Crippen LogP contribution in [0.5, 0.6) is 0 Å². The molecule has 86 valence electrons. The molecule has 0 spiro atoms. The average molecular weight is 228 g/mol. The van der Waals surface area contributed by atoms with Gasteiger partial charge in [0.25, 0.3) is 0 Å². The summed E-state index contributed by atoms with van der Waals surface area (Å²) in [5.41, 5.74) is -4.78. The van der Waals surface area contributed by atoms with Gasteiger partial charge in [0.1, 0.15) is 5.60 Å². The monoisotopic (exact) mass is 228 g/mol. The fourth-order valence-corrected chi connectivity index (χ4v) is 3.62. The van der Waals surface area contributed by atoms with Crippen molar-refractivity contribution in [3.8, 4) is 18.2 Å². The number of hydrogen-bond acceptors (Lipinski definition) is 5. The second-order valence-corrected chi connectivity index (χ2v) is 5.56. The molecule has 1 saturated heterocycles. The van der Waals surface area contributed by atoms with Crippen molar-refractivity contribution in [1.82, 2.24) is 0 Å². The van der Waals surface area contributed by atoms with Crippen LogP contribution in [0.4, 0.5) is 0 Å². The molecule has 1 aliphatic heterocycles. The SMILES string of the molecule is CC1(C)C[C@]2(C)OC(=N)[C@]1(C#N)C2(C#N)C#N. The van der Waals surface area contributed by atoms with Gasteiger partial charge < -0.3 is 4.74 Å². The van der Waals surface area contributed by atoms with Crippen molar-refractivity contribution in [1.29, 1.82) is 21.2 Å². The normalized spacial score (nSPS) is 39.9. The summed E-state index contributed by atoms with van der Waals surface area (Å²) in [5, 5.41) is 36.2. The van der Waals surface area contributed by atoms with Crippen LogP contribution in [0.15, 0.2) is 0 Å². The molecule has 1 aliphatic carbocycles. The first-order valence-electron chi connectivity index (χ1n) is 5.29. The molecule has 1 heterocycles. The molecule has 1 N–H and O–H groups in total. The van der Waals surface area contributed by atoms with Crippen LogP contribution >= 0.6 is 0 Å². The van der Waals surface area contributed by atoms with Crippen LogP contribution in [0.25, 0.3) is 0 Å². The Morgan fingerprint density at radius 2 is 1.65 bits per heavy atom. The predicted octanol–water partition coefficient (Wildman–Crippen LogP) is 1.73. The Morgan fingerprint density at radius 3 is 1.94 bits per heavy atom. The van der Waals surface area contributed by atoms with Crippen LogP contribution in [0.3, 0.4) is 0 Å². The van der Waals surface area contributed by atoms with Gasteiger partial charge in [-0.1, -0.05) is 13.8 Å². The third kappa shape index (κ3) is 0.766. The van der Waals surface area contributed by atoms with Gasteiger partial charge in [0.05, 0.1) is 18.2 Å². The fraction of sp³-hybridized carbons (Fsp3) is 0.667. The molecule has 5 nitrogen and oxygen atoms in total. The Kier molecular flexibility index (Phi) is 1.75. The van der Waals surface area contributed by atoms with Gasteiger partial charge in [-0.25, -0.2) is 0 Å². The van der Waals surface area contributed by atoms with Crippen molar-refractivity contribution < 1.29 is 4.74 Å². The van der Waals surface area contributed by atoms with E-state index in [2.05, 4.69) is 0 Å². The van der Waals surface area contributed by atoms with Gasteiger partial charge in [-0.2, -0.15) is 15.8 Å². The maximum Gasteiger partial charge on any atom is 0.210 e. The lowest BCUT2D eigenvalue weighted by atomic mass is 9.58. The lowest BCUT2D eigenvalue weighted by molar-refractivity contribution is 0.0376. The number of fused-ring (bicyclic) bond motifs is 2. The van der Waals surface area contributed by atoms with Gasteiger partial charge in [0.2, 0.25) is 11.3 Å². The minimum atomic E-state index is -1.60. The summed E-state index contributed by atoms with van der Waals surface area (Å²) in [7, 11) is 0. The largest absolute Gasteiger partial charge is 0.471 e. The van der Waals surface area contributed by atoms with Crippen molar-refractivity contribution in [3.05, 3.63) is 0 Å². The topological polar surface area (TPSA) is 104 Å². The third-order valence-electron chi connectivity index (χ3n) is 4.32. The first kappa shape index (κ1) is 11.4. The van der Waals surface area contributed by atoms with Crippen LogP contribution in [-0.2, 0) is 4.74 Å². The molecule has 2 atom stereocenters.